The van der Waals surface area contributed by atoms with Gasteiger partial charge in [-0.25, -0.2) is 0 Å². The van der Waals surface area contributed by atoms with Crippen LogP contribution in [0.3, 0.4) is 0 Å². The third-order valence-electron chi connectivity index (χ3n) is 5.62. The summed E-state index contributed by atoms with van der Waals surface area (Å²) in [4.78, 5) is 13.9. The van der Waals surface area contributed by atoms with Crippen molar-refractivity contribution in [2.45, 2.75) is 58.4 Å². The molecule has 4 rings (SSSR count). The minimum atomic E-state index is -0.0932. The van der Waals surface area contributed by atoms with Crippen molar-refractivity contribution in [3.8, 4) is 0 Å². The van der Waals surface area contributed by atoms with Crippen LogP contribution in [-0.2, 0) is 24.1 Å². The first-order chi connectivity index (χ1) is 13.6. The third-order valence-corrected chi connectivity index (χ3v) is 6.56. The van der Waals surface area contributed by atoms with Crippen LogP contribution in [-0.4, -0.2) is 11.1 Å². The highest BCUT2D eigenvalue weighted by Crippen LogP contribution is 2.30. The molecule has 146 valence electrons. The molecule has 2 aromatic heterocycles. The highest BCUT2D eigenvalue weighted by molar-refractivity contribution is 7.10. The van der Waals surface area contributed by atoms with Crippen LogP contribution < -0.4 is 5.32 Å². The van der Waals surface area contributed by atoms with E-state index in [1.807, 2.05) is 19.9 Å². The highest BCUT2D eigenvalue weighted by Gasteiger charge is 2.20. The first-order valence-corrected chi connectivity index (χ1v) is 10.9. The fourth-order valence-corrected chi connectivity index (χ4v) is 4.84. The van der Waals surface area contributed by atoms with E-state index in [4.69, 9.17) is 4.52 Å². The van der Waals surface area contributed by atoms with Crippen molar-refractivity contribution in [2.24, 2.45) is 0 Å². The number of hydrogen-bond donors (Lipinski definition) is 1. The van der Waals surface area contributed by atoms with Crippen LogP contribution in [0.5, 0.6) is 0 Å². The Morgan fingerprint density at radius 1 is 1.21 bits per heavy atom. The second-order valence-electron chi connectivity index (χ2n) is 7.55. The molecule has 0 saturated heterocycles. The molecule has 2 heterocycles. The number of benzene rings is 1. The van der Waals surface area contributed by atoms with E-state index in [2.05, 4.69) is 40.1 Å². The summed E-state index contributed by atoms with van der Waals surface area (Å²) in [5.41, 5.74) is 5.99. The predicted molar refractivity (Wildman–Crippen MR) is 112 cm³/mol. The zero-order chi connectivity index (χ0) is 19.5. The topological polar surface area (TPSA) is 55.1 Å². The van der Waals surface area contributed by atoms with Gasteiger partial charge in [0.05, 0.1) is 11.7 Å². The SMILES string of the molecule is Cc1noc(C)c1CCC(=O)NC(c1ccc2c(c1)CCCC2)c1cccs1. The van der Waals surface area contributed by atoms with Gasteiger partial charge >= 0.3 is 0 Å². The van der Waals surface area contributed by atoms with E-state index in [1.54, 1.807) is 11.3 Å². The molecule has 4 nitrogen and oxygen atoms in total. The van der Waals surface area contributed by atoms with Crippen molar-refractivity contribution >= 4 is 17.2 Å². The largest absolute Gasteiger partial charge is 0.361 e. The van der Waals surface area contributed by atoms with Crippen molar-refractivity contribution in [3.63, 3.8) is 0 Å². The van der Waals surface area contributed by atoms with Gasteiger partial charge in [0.2, 0.25) is 5.91 Å². The Balaban J connectivity index is 1.51. The number of amides is 1. The van der Waals surface area contributed by atoms with E-state index in [0.29, 0.717) is 12.8 Å². The van der Waals surface area contributed by atoms with Gasteiger partial charge in [-0.05, 0) is 74.1 Å². The maximum Gasteiger partial charge on any atom is 0.221 e. The molecule has 1 N–H and O–H groups in total. The molecule has 3 aromatic rings. The fraction of sp³-hybridized carbons (Fsp3) is 0.391. The molecule has 1 unspecified atom stereocenters. The van der Waals surface area contributed by atoms with Crippen LogP contribution in [0.25, 0.3) is 0 Å². The normalized spacial score (nSPS) is 14.5. The number of fused-ring (bicyclic) bond motifs is 1. The summed E-state index contributed by atoms with van der Waals surface area (Å²) < 4.78 is 5.21. The Morgan fingerprint density at radius 2 is 2.04 bits per heavy atom. The quantitative estimate of drug-likeness (QED) is 0.635. The molecule has 0 saturated carbocycles. The minimum Gasteiger partial charge on any atom is -0.361 e. The Labute approximate surface area is 170 Å². The molecule has 0 radical (unpaired) electrons. The Bertz CT molecular complexity index is 940. The second-order valence-corrected chi connectivity index (χ2v) is 8.53. The number of carbonyl (C=O) groups excluding carboxylic acids is 1. The maximum absolute atomic E-state index is 12.8. The summed E-state index contributed by atoms with van der Waals surface area (Å²) in [6.07, 6.45) is 5.91. The molecular weight excluding hydrogens is 368 g/mol. The molecule has 0 spiro atoms. The molecule has 0 bridgehead atoms. The van der Waals surface area contributed by atoms with Crippen molar-refractivity contribution in [3.05, 3.63) is 74.3 Å². The van der Waals surface area contributed by atoms with Gasteiger partial charge in [-0.3, -0.25) is 4.79 Å². The van der Waals surface area contributed by atoms with Crippen molar-refractivity contribution in [2.75, 3.05) is 0 Å². The van der Waals surface area contributed by atoms with Crippen molar-refractivity contribution < 1.29 is 9.32 Å². The lowest BCUT2D eigenvalue weighted by Gasteiger charge is -2.22. The summed E-state index contributed by atoms with van der Waals surface area (Å²) in [5, 5.41) is 9.31. The lowest BCUT2D eigenvalue weighted by atomic mass is 9.89. The molecule has 1 atom stereocenters. The Morgan fingerprint density at radius 3 is 2.75 bits per heavy atom. The van der Waals surface area contributed by atoms with Crippen molar-refractivity contribution in [1.29, 1.82) is 0 Å². The molecule has 1 aliphatic rings. The molecule has 0 aliphatic heterocycles. The highest BCUT2D eigenvalue weighted by atomic mass is 32.1. The lowest BCUT2D eigenvalue weighted by Crippen LogP contribution is -2.29. The molecule has 1 aliphatic carbocycles. The average Bonchev–Trinajstić information content (AvgIpc) is 3.35. The molecule has 1 amide bonds. The van der Waals surface area contributed by atoms with Crippen LogP contribution in [0.15, 0.2) is 40.2 Å². The van der Waals surface area contributed by atoms with Crippen LogP contribution in [0.4, 0.5) is 0 Å². The summed E-state index contributed by atoms with van der Waals surface area (Å²) >= 11 is 1.69. The average molecular weight is 395 g/mol. The molecule has 1 aromatic carbocycles. The van der Waals surface area contributed by atoms with Crippen LogP contribution in [0.2, 0.25) is 0 Å². The smallest absolute Gasteiger partial charge is 0.221 e. The summed E-state index contributed by atoms with van der Waals surface area (Å²) in [7, 11) is 0. The number of aromatic nitrogens is 1. The van der Waals surface area contributed by atoms with Gasteiger partial charge in [0.25, 0.3) is 0 Å². The second kappa shape index (κ2) is 8.31. The van der Waals surface area contributed by atoms with Crippen LogP contribution in [0.1, 0.15) is 63.9 Å². The van der Waals surface area contributed by atoms with Crippen LogP contribution >= 0.6 is 11.3 Å². The molecule has 28 heavy (non-hydrogen) atoms. The maximum atomic E-state index is 12.8. The fourth-order valence-electron chi connectivity index (χ4n) is 4.04. The molecule has 5 heteroatoms. The van der Waals surface area contributed by atoms with E-state index in [-0.39, 0.29) is 11.9 Å². The zero-order valence-corrected chi connectivity index (χ0v) is 17.3. The van der Waals surface area contributed by atoms with Gasteiger partial charge in [-0.2, -0.15) is 0 Å². The first-order valence-electron chi connectivity index (χ1n) is 9.98. The Hall–Kier alpha value is -2.40. The number of thiophene rings is 1. The van der Waals surface area contributed by atoms with Gasteiger partial charge in [-0.15, -0.1) is 11.3 Å². The van der Waals surface area contributed by atoms with E-state index in [0.717, 1.165) is 23.4 Å². The Kier molecular flexibility index (Phi) is 5.62. The van der Waals surface area contributed by atoms with Gasteiger partial charge < -0.3 is 9.84 Å². The van der Waals surface area contributed by atoms with Gasteiger partial charge in [0, 0.05) is 16.9 Å². The molecular formula is C23H26N2O2S. The number of nitrogens with one attached hydrogen (secondary N) is 1. The number of carbonyl (C=O) groups is 1. The summed E-state index contributed by atoms with van der Waals surface area (Å²) in [6.45, 7) is 3.82. The van der Waals surface area contributed by atoms with Gasteiger partial charge in [0.15, 0.2) is 0 Å². The van der Waals surface area contributed by atoms with E-state index in [9.17, 15) is 4.79 Å². The van der Waals surface area contributed by atoms with Crippen molar-refractivity contribution in [1.82, 2.24) is 10.5 Å². The first kappa shape index (κ1) is 18.9. The van der Waals surface area contributed by atoms with Gasteiger partial charge in [-0.1, -0.05) is 29.4 Å². The summed E-state index contributed by atoms with van der Waals surface area (Å²) in [5.74, 6) is 0.853. The number of aryl methyl sites for hydroxylation is 4. The monoisotopic (exact) mass is 394 g/mol. The lowest BCUT2D eigenvalue weighted by molar-refractivity contribution is -0.121. The van der Waals surface area contributed by atoms with E-state index < -0.39 is 0 Å². The van der Waals surface area contributed by atoms with E-state index in [1.165, 1.54) is 40.8 Å². The van der Waals surface area contributed by atoms with Gasteiger partial charge in [0.1, 0.15) is 5.76 Å². The number of rotatable bonds is 6. The zero-order valence-electron chi connectivity index (χ0n) is 16.5. The van der Waals surface area contributed by atoms with Crippen LogP contribution in [0, 0.1) is 13.8 Å². The number of hydrogen-bond acceptors (Lipinski definition) is 4. The third kappa shape index (κ3) is 4.04. The number of nitrogens with zero attached hydrogens (tertiary/aromatic N) is 1. The predicted octanol–water partition coefficient (Wildman–Crippen LogP) is 5.07. The van der Waals surface area contributed by atoms with E-state index >= 15 is 0 Å². The summed E-state index contributed by atoms with van der Waals surface area (Å²) in [6, 6.07) is 10.8. The molecule has 0 fully saturated rings. The minimum absolute atomic E-state index is 0.0520. The standard InChI is InChI=1S/C23H26N2O2S/c1-15-20(16(2)27-25-15)11-12-22(26)24-23(21-8-5-13-28-21)19-10-9-17-6-3-4-7-18(17)14-19/h5,8-10,13-14,23H,3-4,6-7,11-12H2,1-2H3,(H,24,26).